The van der Waals surface area contributed by atoms with Gasteiger partial charge in [0.15, 0.2) is 6.10 Å². The quantitative estimate of drug-likeness (QED) is 0.0292. The minimum Gasteiger partial charge on any atom is -0.462 e. The first-order valence-electron chi connectivity index (χ1n) is 19.1. The lowest BCUT2D eigenvalue weighted by Gasteiger charge is -2.18. The van der Waals surface area contributed by atoms with Gasteiger partial charge in [-0.1, -0.05) is 160 Å². The lowest BCUT2D eigenvalue weighted by molar-refractivity contribution is -0.161. The number of hydrogen-bond acceptors (Lipinski definition) is 6. The van der Waals surface area contributed by atoms with E-state index in [0.29, 0.717) is 12.8 Å². The molecule has 0 aromatic rings. The molecule has 0 aromatic carbocycles. The Morgan fingerprint density at radius 2 is 0.979 bits per heavy atom. The highest BCUT2D eigenvalue weighted by Gasteiger charge is 2.22. The lowest BCUT2D eigenvalue weighted by Crippen LogP contribution is -2.29. The summed E-state index contributed by atoms with van der Waals surface area (Å²) in [4.78, 5) is 42.6. The number of esters is 2. The molecule has 0 unspecified atom stereocenters. The van der Waals surface area contributed by atoms with E-state index in [1.807, 2.05) is 0 Å². The fourth-order valence-electron chi connectivity index (χ4n) is 5.35. The van der Waals surface area contributed by atoms with Crippen LogP contribution in [-0.4, -0.2) is 41.0 Å². The van der Waals surface area contributed by atoms with Crippen LogP contribution in [0, 0.1) is 0 Å². The van der Waals surface area contributed by atoms with E-state index in [4.69, 9.17) is 19.3 Å². The van der Waals surface area contributed by atoms with Crippen molar-refractivity contribution < 1.29 is 37.9 Å². The van der Waals surface area contributed by atoms with Gasteiger partial charge in [-0.3, -0.25) is 14.1 Å². The summed E-state index contributed by atoms with van der Waals surface area (Å²) >= 11 is 0. The lowest BCUT2D eigenvalue weighted by atomic mass is 10.0. The third kappa shape index (κ3) is 37.2. The normalized spacial score (nSPS) is 12.7. The molecule has 2 N–H and O–H groups in total. The molecule has 0 fully saturated rings. The Balaban J connectivity index is 4.00. The molecule has 0 heterocycles. The van der Waals surface area contributed by atoms with Crippen molar-refractivity contribution in [2.75, 3.05) is 13.2 Å². The number of hydrogen-bond donors (Lipinski definition) is 2. The molecule has 276 valence electrons. The highest BCUT2D eigenvalue weighted by atomic mass is 31.2. The van der Waals surface area contributed by atoms with Crippen LogP contribution in [0.1, 0.15) is 187 Å². The zero-order valence-corrected chi connectivity index (χ0v) is 31.1. The molecule has 0 aliphatic rings. The van der Waals surface area contributed by atoms with E-state index < -0.39 is 32.5 Å². The van der Waals surface area contributed by atoms with Crippen molar-refractivity contribution in [3.8, 4) is 0 Å². The summed E-state index contributed by atoms with van der Waals surface area (Å²) < 4.78 is 26.2. The maximum absolute atomic E-state index is 12.3. The zero-order valence-electron chi connectivity index (χ0n) is 30.2. The predicted octanol–water partition coefficient (Wildman–Crippen LogP) is 11.2. The first-order chi connectivity index (χ1) is 22.8. The van der Waals surface area contributed by atoms with Crippen molar-refractivity contribution in [1.29, 1.82) is 0 Å². The molecule has 1 atom stereocenters. The van der Waals surface area contributed by atoms with Gasteiger partial charge in [-0.25, -0.2) is 4.57 Å². The summed E-state index contributed by atoms with van der Waals surface area (Å²) in [6.07, 6.45) is 37.7. The fourth-order valence-corrected chi connectivity index (χ4v) is 5.71. The van der Waals surface area contributed by atoms with Crippen LogP contribution in [0.5, 0.6) is 0 Å². The van der Waals surface area contributed by atoms with Gasteiger partial charge in [-0.2, -0.15) is 0 Å². The Kier molecular flexibility index (Phi) is 33.3. The summed E-state index contributed by atoms with van der Waals surface area (Å²) in [7, 11) is -4.75. The van der Waals surface area contributed by atoms with Crippen LogP contribution < -0.4 is 0 Å². The van der Waals surface area contributed by atoms with E-state index in [-0.39, 0.29) is 19.4 Å². The van der Waals surface area contributed by atoms with Crippen molar-refractivity contribution in [2.45, 2.75) is 193 Å². The summed E-state index contributed by atoms with van der Waals surface area (Å²) in [6, 6.07) is 0. The molecule has 0 aromatic heterocycles. The first-order valence-corrected chi connectivity index (χ1v) is 20.7. The molecule has 0 rings (SSSR count). The van der Waals surface area contributed by atoms with E-state index in [9.17, 15) is 14.2 Å². The molecule has 8 nitrogen and oxygen atoms in total. The Morgan fingerprint density at radius 1 is 0.553 bits per heavy atom. The van der Waals surface area contributed by atoms with E-state index in [0.717, 1.165) is 38.5 Å². The first kappa shape index (κ1) is 45.5. The Bertz CT molecular complexity index is 823. The number of ether oxygens (including phenoxy) is 2. The van der Waals surface area contributed by atoms with Crippen LogP contribution in [-0.2, 0) is 28.2 Å². The monoisotopic (exact) mass is 686 g/mol. The Hall–Kier alpha value is -1.47. The maximum Gasteiger partial charge on any atom is 0.469 e. The second kappa shape index (κ2) is 34.4. The fraction of sp³-hybridized carbons (Fsp3) is 0.842. The van der Waals surface area contributed by atoms with E-state index in [1.54, 1.807) is 0 Å². The van der Waals surface area contributed by atoms with Gasteiger partial charge >= 0.3 is 19.8 Å². The minimum atomic E-state index is -4.75. The average Bonchev–Trinajstić information content (AvgIpc) is 3.04. The van der Waals surface area contributed by atoms with Crippen LogP contribution in [0.2, 0.25) is 0 Å². The molecule has 0 bridgehead atoms. The summed E-state index contributed by atoms with van der Waals surface area (Å²) in [5.41, 5.74) is 0. The van der Waals surface area contributed by atoms with Crippen molar-refractivity contribution in [2.24, 2.45) is 0 Å². The molecule has 0 spiro atoms. The van der Waals surface area contributed by atoms with Gasteiger partial charge in [0.2, 0.25) is 0 Å². The van der Waals surface area contributed by atoms with Crippen molar-refractivity contribution in [3.05, 3.63) is 24.3 Å². The standard InChI is InChI=1S/C38H71O8P/c1-3-5-7-9-11-13-15-17-18-19-20-21-23-24-26-28-30-32-37(39)44-34-36(35-45-47(41,42)43)46-38(40)33-31-29-27-25-22-16-14-12-10-8-6-4-2/h20-21,24,26,36H,3-19,22-23,25,27-35H2,1-2H3,(H2,41,42,43)/b21-20+,26-24+/t36-/m1/s1. The summed E-state index contributed by atoms with van der Waals surface area (Å²) in [6.45, 7) is 3.64. The van der Waals surface area contributed by atoms with Gasteiger partial charge in [-0.05, 0) is 38.5 Å². The third-order valence-electron chi connectivity index (χ3n) is 8.22. The number of phosphoric ester groups is 1. The van der Waals surface area contributed by atoms with Gasteiger partial charge < -0.3 is 19.3 Å². The smallest absolute Gasteiger partial charge is 0.462 e. The van der Waals surface area contributed by atoms with Crippen LogP contribution >= 0.6 is 7.82 Å². The Labute approximate surface area is 288 Å². The molecule has 0 aliphatic heterocycles. The molecule has 0 aliphatic carbocycles. The predicted molar refractivity (Wildman–Crippen MR) is 193 cm³/mol. The largest absolute Gasteiger partial charge is 0.469 e. The van der Waals surface area contributed by atoms with Crippen LogP contribution in [0.25, 0.3) is 0 Å². The van der Waals surface area contributed by atoms with Crippen LogP contribution in [0.3, 0.4) is 0 Å². The highest BCUT2D eigenvalue weighted by Crippen LogP contribution is 2.36. The summed E-state index contributed by atoms with van der Waals surface area (Å²) in [5, 5.41) is 0. The SMILES string of the molecule is CCCCCCCCCCC/C=C/C/C=C/CCCC(=O)OC[C@H](COP(=O)(O)O)OC(=O)CCCCCCCCCCCCCC. The second-order valence-corrected chi connectivity index (χ2v) is 14.1. The topological polar surface area (TPSA) is 119 Å². The highest BCUT2D eigenvalue weighted by molar-refractivity contribution is 7.46. The van der Waals surface area contributed by atoms with Crippen LogP contribution in [0.15, 0.2) is 24.3 Å². The molecule has 0 amide bonds. The molecule has 0 saturated carbocycles. The van der Waals surface area contributed by atoms with Crippen molar-refractivity contribution in [1.82, 2.24) is 0 Å². The molecule has 0 saturated heterocycles. The van der Waals surface area contributed by atoms with E-state index >= 15 is 0 Å². The molecule has 0 radical (unpaired) electrons. The van der Waals surface area contributed by atoms with Gasteiger partial charge in [-0.15, -0.1) is 0 Å². The third-order valence-corrected chi connectivity index (χ3v) is 8.71. The number of allylic oxidation sites excluding steroid dienone is 4. The number of unbranched alkanes of at least 4 members (excludes halogenated alkanes) is 21. The molecular formula is C38H71O8P. The number of rotatable bonds is 35. The van der Waals surface area contributed by atoms with Gasteiger partial charge in [0.25, 0.3) is 0 Å². The van der Waals surface area contributed by atoms with E-state index in [2.05, 4.69) is 42.7 Å². The molecular weight excluding hydrogens is 615 g/mol. The zero-order chi connectivity index (χ0) is 34.7. The molecule has 47 heavy (non-hydrogen) atoms. The van der Waals surface area contributed by atoms with Gasteiger partial charge in [0, 0.05) is 12.8 Å². The second-order valence-electron chi connectivity index (χ2n) is 12.9. The number of carbonyl (C=O) groups excluding carboxylic acids is 2. The Morgan fingerprint density at radius 3 is 1.47 bits per heavy atom. The van der Waals surface area contributed by atoms with Gasteiger partial charge in [0.05, 0.1) is 6.61 Å². The van der Waals surface area contributed by atoms with E-state index in [1.165, 1.54) is 109 Å². The number of carbonyl (C=O) groups is 2. The minimum absolute atomic E-state index is 0.206. The summed E-state index contributed by atoms with van der Waals surface area (Å²) in [5.74, 6) is -0.933. The van der Waals surface area contributed by atoms with Crippen LogP contribution in [0.4, 0.5) is 0 Å². The average molecular weight is 687 g/mol. The van der Waals surface area contributed by atoms with Crippen molar-refractivity contribution in [3.63, 3.8) is 0 Å². The molecule has 9 heteroatoms. The maximum atomic E-state index is 12.3. The van der Waals surface area contributed by atoms with Crippen molar-refractivity contribution >= 4 is 19.8 Å². The number of phosphoric acid groups is 1. The van der Waals surface area contributed by atoms with Gasteiger partial charge in [0.1, 0.15) is 6.61 Å².